The number of nitrogens with zero attached hydrogens (tertiary/aromatic N) is 1. The smallest absolute Gasteiger partial charge is 0.198 e. The molecule has 90 valence electrons. The first-order valence-electron chi connectivity index (χ1n) is 6.36. The minimum absolute atomic E-state index is 0.113. The molecule has 1 heterocycles. The number of benzene rings is 1. The van der Waals surface area contributed by atoms with Gasteiger partial charge in [0.15, 0.2) is 5.71 Å². The monoisotopic (exact) mass is 228 g/mol. The summed E-state index contributed by atoms with van der Waals surface area (Å²) >= 11 is 0. The molecule has 0 amide bonds. The average molecular weight is 228 g/mol. The largest absolute Gasteiger partial charge is 0.209 e. The lowest BCUT2D eigenvalue weighted by atomic mass is 9.81. The lowest BCUT2D eigenvalue weighted by Gasteiger charge is -2.15. The summed E-state index contributed by atoms with van der Waals surface area (Å²) in [5, 5.41) is 0. The van der Waals surface area contributed by atoms with Gasteiger partial charge >= 0.3 is 0 Å². The average Bonchev–Trinajstić information content (AvgIpc) is 2.51. The molecule has 0 aromatic heterocycles. The van der Waals surface area contributed by atoms with E-state index in [0.29, 0.717) is 0 Å². The summed E-state index contributed by atoms with van der Waals surface area (Å²) in [4.78, 5) is 0. The van der Waals surface area contributed by atoms with Crippen LogP contribution in [-0.2, 0) is 5.41 Å². The van der Waals surface area contributed by atoms with Gasteiger partial charge in [0.1, 0.15) is 7.05 Å². The predicted molar refractivity (Wildman–Crippen MR) is 74.4 cm³/mol. The molecule has 0 radical (unpaired) electrons. The van der Waals surface area contributed by atoms with E-state index in [1.807, 2.05) is 0 Å². The van der Waals surface area contributed by atoms with Crippen molar-refractivity contribution in [3.8, 4) is 0 Å². The standard InChI is InChI=1S/C16H22N/c1-6-12(2)11-15-16(3,4)13-9-7-8-10-14(13)17(15)5/h7-11H,6H2,1-5H3/q+1/b12-11-. The number of para-hydroxylation sites is 1. The highest BCUT2D eigenvalue weighted by molar-refractivity contribution is 6.03. The second kappa shape index (κ2) is 4.14. The molecule has 1 aliphatic heterocycles. The second-order valence-electron chi connectivity index (χ2n) is 5.43. The van der Waals surface area contributed by atoms with Gasteiger partial charge < -0.3 is 0 Å². The normalized spacial score (nSPS) is 18.5. The zero-order valence-electron chi connectivity index (χ0n) is 11.5. The number of hydrogen-bond donors (Lipinski definition) is 0. The van der Waals surface area contributed by atoms with Crippen LogP contribution in [0.1, 0.15) is 39.7 Å². The van der Waals surface area contributed by atoms with Gasteiger partial charge in [-0.25, -0.2) is 0 Å². The number of fused-ring (bicyclic) bond motifs is 1. The van der Waals surface area contributed by atoms with Crippen LogP contribution in [0.2, 0.25) is 0 Å². The van der Waals surface area contributed by atoms with E-state index in [4.69, 9.17) is 0 Å². The maximum Gasteiger partial charge on any atom is 0.209 e. The molecule has 0 fully saturated rings. The van der Waals surface area contributed by atoms with Gasteiger partial charge in [0.2, 0.25) is 5.69 Å². The molecule has 1 aromatic carbocycles. The first kappa shape index (κ1) is 12.1. The maximum atomic E-state index is 2.35. The molecule has 2 rings (SSSR count). The van der Waals surface area contributed by atoms with Gasteiger partial charge in [-0.1, -0.05) is 30.7 Å². The number of hydrogen-bond acceptors (Lipinski definition) is 0. The zero-order chi connectivity index (χ0) is 12.6. The van der Waals surface area contributed by atoms with Gasteiger partial charge in [-0.3, -0.25) is 0 Å². The van der Waals surface area contributed by atoms with Crippen molar-refractivity contribution in [2.24, 2.45) is 0 Å². The molecule has 0 saturated heterocycles. The Hall–Kier alpha value is -1.37. The summed E-state index contributed by atoms with van der Waals surface area (Å²) in [6.45, 7) is 9.04. The van der Waals surface area contributed by atoms with Crippen LogP contribution in [0.5, 0.6) is 0 Å². The summed E-state index contributed by atoms with van der Waals surface area (Å²) in [5.74, 6) is 0. The Balaban J connectivity index is 2.60. The van der Waals surface area contributed by atoms with Crippen LogP contribution in [0.3, 0.4) is 0 Å². The first-order chi connectivity index (χ1) is 7.98. The molecular formula is C16H22N+. The van der Waals surface area contributed by atoms with E-state index in [2.05, 4.69) is 69.7 Å². The fraction of sp³-hybridized carbons (Fsp3) is 0.438. The van der Waals surface area contributed by atoms with Crippen molar-refractivity contribution in [1.29, 1.82) is 0 Å². The van der Waals surface area contributed by atoms with Crippen LogP contribution < -0.4 is 0 Å². The second-order valence-corrected chi connectivity index (χ2v) is 5.43. The fourth-order valence-electron chi connectivity index (χ4n) is 2.59. The minimum Gasteiger partial charge on any atom is -0.198 e. The Kier molecular flexibility index (Phi) is 2.94. The van der Waals surface area contributed by atoms with E-state index < -0.39 is 0 Å². The van der Waals surface area contributed by atoms with Gasteiger partial charge in [0.25, 0.3) is 0 Å². The third kappa shape index (κ3) is 1.84. The summed E-state index contributed by atoms with van der Waals surface area (Å²) in [6, 6.07) is 8.70. The van der Waals surface area contributed by atoms with Crippen LogP contribution in [0.25, 0.3) is 0 Å². The molecule has 0 bridgehead atoms. The quantitative estimate of drug-likeness (QED) is 0.672. The third-order valence-electron chi connectivity index (χ3n) is 3.88. The van der Waals surface area contributed by atoms with E-state index >= 15 is 0 Å². The van der Waals surface area contributed by atoms with Crippen molar-refractivity contribution in [1.82, 2.24) is 0 Å². The first-order valence-corrected chi connectivity index (χ1v) is 6.36. The molecular weight excluding hydrogens is 206 g/mol. The zero-order valence-corrected chi connectivity index (χ0v) is 11.5. The molecule has 0 saturated carbocycles. The lowest BCUT2D eigenvalue weighted by Crippen LogP contribution is -2.26. The van der Waals surface area contributed by atoms with Crippen molar-refractivity contribution < 1.29 is 4.58 Å². The molecule has 1 aliphatic rings. The molecule has 0 unspecified atom stereocenters. The fourth-order valence-corrected chi connectivity index (χ4v) is 2.59. The third-order valence-corrected chi connectivity index (χ3v) is 3.88. The van der Waals surface area contributed by atoms with Crippen LogP contribution in [0.4, 0.5) is 5.69 Å². The van der Waals surface area contributed by atoms with Gasteiger partial charge in [-0.05, 0) is 27.2 Å². The van der Waals surface area contributed by atoms with E-state index in [1.165, 1.54) is 22.5 Å². The van der Waals surface area contributed by atoms with Crippen LogP contribution in [0.15, 0.2) is 35.9 Å². The molecule has 0 N–H and O–H groups in total. The van der Waals surface area contributed by atoms with Crippen LogP contribution in [0, 0.1) is 0 Å². The minimum atomic E-state index is 0.113. The Labute approximate surface area is 104 Å². The molecule has 0 spiro atoms. The van der Waals surface area contributed by atoms with Gasteiger partial charge in [-0.2, -0.15) is 4.58 Å². The summed E-state index contributed by atoms with van der Waals surface area (Å²) in [5.41, 5.74) is 5.72. The van der Waals surface area contributed by atoms with Crippen molar-refractivity contribution >= 4 is 11.4 Å². The van der Waals surface area contributed by atoms with E-state index in [9.17, 15) is 0 Å². The molecule has 17 heavy (non-hydrogen) atoms. The Morgan fingerprint density at radius 2 is 1.94 bits per heavy atom. The van der Waals surface area contributed by atoms with E-state index in [1.54, 1.807) is 0 Å². The number of allylic oxidation sites excluding steroid dienone is 2. The highest BCUT2D eigenvalue weighted by atomic mass is 15.0. The maximum absolute atomic E-state index is 2.35. The highest BCUT2D eigenvalue weighted by Gasteiger charge is 2.42. The Morgan fingerprint density at radius 3 is 2.53 bits per heavy atom. The van der Waals surface area contributed by atoms with Crippen molar-refractivity contribution in [3.05, 3.63) is 41.5 Å². The Morgan fingerprint density at radius 1 is 1.29 bits per heavy atom. The molecule has 0 aliphatic carbocycles. The summed E-state index contributed by atoms with van der Waals surface area (Å²) in [6.07, 6.45) is 3.46. The van der Waals surface area contributed by atoms with Gasteiger partial charge in [0, 0.05) is 17.7 Å². The van der Waals surface area contributed by atoms with E-state index in [-0.39, 0.29) is 5.41 Å². The summed E-state index contributed by atoms with van der Waals surface area (Å²) < 4.78 is 2.33. The number of rotatable bonds is 2. The van der Waals surface area contributed by atoms with Gasteiger partial charge in [0.05, 0.1) is 5.41 Å². The molecule has 1 heteroatoms. The van der Waals surface area contributed by atoms with Gasteiger partial charge in [-0.15, -0.1) is 0 Å². The topological polar surface area (TPSA) is 3.01 Å². The van der Waals surface area contributed by atoms with Crippen LogP contribution >= 0.6 is 0 Å². The SMILES string of the molecule is CC/C(C)=C\C1=[N+](C)c2ccccc2C1(C)C. The van der Waals surface area contributed by atoms with Crippen molar-refractivity contribution in [2.75, 3.05) is 7.05 Å². The lowest BCUT2D eigenvalue weighted by molar-refractivity contribution is -0.401. The van der Waals surface area contributed by atoms with Crippen molar-refractivity contribution in [3.63, 3.8) is 0 Å². The predicted octanol–water partition coefficient (Wildman–Crippen LogP) is 4.05. The molecule has 1 nitrogen and oxygen atoms in total. The van der Waals surface area contributed by atoms with Crippen molar-refractivity contribution in [2.45, 2.75) is 39.5 Å². The summed E-state index contributed by atoms with van der Waals surface area (Å²) in [7, 11) is 2.17. The Bertz CT molecular complexity index is 504. The molecule has 1 aromatic rings. The van der Waals surface area contributed by atoms with Crippen LogP contribution in [-0.4, -0.2) is 17.3 Å². The highest BCUT2D eigenvalue weighted by Crippen LogP contribution is 2.39. The molecule has 0 atom stereocenters. The van der Waals surface area contributed by atoms with E-state index in [0.717, 1.165) is 6.42 Å².